The Morgan fingerprint density at radius 3 is 2.65 bits per heavy atom. The minimum absolute atomic E-state index is 0.0178. The zero-order valence-corrected chi connectivity index (χ0v) is 10.7. The standard InChI is InChI=1S/C13H8ClFN2O3/c14-7-4-5-8(9(15)6-7)12(18)17-11-3-1-2-10(16-11)13(19)20/h1-6H,(H,19,20)(H,16,17,18). The third-order valence-corrected chi connectivity index (χ3v) is 2.62. The molecule has 0 saturated carbocycles. The lowest BCUT2D eigenvalue weighted by Gasteiger charge is -2.06. The molecule has 0 spiro atoms. The summed E-state index contributed by atoms with van der Waals surface area (Å²) in [4.78, 5) is 26.3. The Hall–Kier alpha value is -2.47. The van der Waals surface area contributed by atoms with Crippen LogP contribution in [-0.2, 0) is 0 Å². The fraction of sp³-hybridized carbons (Fsp3) is 0. The molecule has 1 aromatic heterocycles. The summed E-state index contributed by atoms with van der Waals surface area (Å²) < 4.78 is 13.6. The molecule has 2 aromatic rings. The third kappa shape index (κ3) is 3.10. The number of rotatable bonds is 3. The average molecular weight is 295 g/mol. The van der Waals surface area contributed by atoms with Crippen LogP contribution in [0.5, 0.6) is 0 Å². The molecule has 0 unspecified atom stereocenters. The Bertz CT molecular complexity index is 691. The summed E-state index contributed by atoms with van der Waals surface area (Å²) in [6.07, 6.45) is 0. The molecule has 0 aliphatic carbocycles. The summed E-state index contributed by atoms with van der Waals surface area (Å²) in [5.74, 6) is -2.72. The molecule has 0 atom stereocenters. The second-order valence-corrected chi connectivity index (χ2v) is 4.23. The van der Waals surface area contributed by atoms with Crippen molar-refractivity contribution in [2.24, 2.45) is 0 Å². The van der Waals surface area contributed by atoms with Crippen LogP contribution in [0.2, 0.25) is 5.02 Å². The van der Waals surface area contributed by atoms with Crippen LogP contribution < -0.4 is 5.32 Å². The van der Waals surface area contributed by atoms with Crippen LogP contribution in [0.25, 0.3) is 0 Å². The number of nitrogens with zero attached hydrogens (tertiary/aromatic N) is 1. The number of carboxylic acid groups (broad SMARTS) is 1. The number of nitrogens with one attached hydrogen (secondary N) is 1. The summed E-state index contributed by atoms with van der Waals surface area (Å²) in [5, 5.41) is 11.3. The highest BCUT2D eigenvalue weighted by Gasteiger charge is 2.13. The minimum Gasteiger partial charge on any atom is -0.477 e. The average Bonchev–Trinajstić information content (AvgIpc) is 2.38. The van der Waals surface area contributed by atoms with E-state index < -0.39 is 17.7 Å². The Kier molecular flexibility index (Phi) is 3.95. The van der Waals surface area contributed by atoms with Gasteiger partial charge in [0, 0.05) is 5.02 Å². The zero-order chi connectivity index (χ0) is 14.7. The van der Waals surface area contributed by atoms with Crippen molar-refractivity contribution >= 4 is 29.3 Å². The van der Waals surface area contributed by atoms with Gasteiger partial charge in [0.1, 0.15) is 11.6 Å². The smallest absolute Gasteiger partial charge is 0.354 e. The molecule has 0 radical (unpaired) electrons. The van der Waals surface area contributed by atoms with Gasteiger partial charge in [-0.1, -0.05) is 17.7 Å². The van der Waals surface area contributed by atoms with Gasteiger partial charge in [-0.3, -0.25) is 4.79 Å². The van der Waals surface area contributed by atoms with Gasteiger partial charge in [-0.15, -0.1) is 0 Å². The Balaban J connectivity index is 2.23. The molecule has 2 N–H and O–H groups in total. The van der Waals surface area contributed by atoms with Crippen LogP contribution >= 0.6 is 11.6 Å². The van der Waals surface area contributed by atoms with Crippen LogP contribution in [0.15, 0.2) is 36.4 Å². The number of anilines is 1. The van der Waals surface area contributed by atoms with E-state index in [1.54, 1.807) is 0 Å². The monoisotopic (exact) mass is 294 g/mol. The largest absolute Gasteiger partial charge is 0.477 e. The predicted octanol–water partition coefficient (Wildman–Crippen LogP) is 2.82. The van der Waals surface area contributed by atoms with Gasteiger partial charge in [-0.2, -0.15) is 0 Å². The number of carbonyl (C=O) groups excluding carboxylic acids is 1. The summed E-state index contributed by atoms with van der Waals surface area (Å²) in [6, 6.07) is 7.72. The highest BCUT2D eigenvalue weighted by molar-refractivity contribution is 6.30. The number of amides is 1. The molecule has 20 heavy (non-hydrogen) atoms. The molecular weight excluding hydrogens is 287 g/mol. The second-order valence-electron chi connectivity index (χ2n) is 3.79. The van der Waals surface area contributed by atoms with Crippen molar-refractivity contribution in [1.29, 1.82) is 0 Å². The molecule has 0 aliphatic heterocycles. The van der Waals surface area contributed by atoms with E-state index >= 15 is 0 Å². The molecule has 0 aliphatic rings. The van der Waals surface area contributed by atoms with Crippen molar-refractivity contribution in [2.75, 3.05) is 5.32 Å². The van der Waals surface area contributed by atoms with E-state index in [9.17, 15) is 14.0 Å². The Morgan fingerprint density at radius 2 is 2.00 bits per heavy atom. The first kappa shape index (κ1) is 14.0. The molecule has 102 valence electrons. The molecule has 0 bridgehead atoms. The van der Waals surface area contributed by atoms with E-state index in [2.05, 4.69) is 10.3 Å². The van der Waals surface area contributed by atoms with E-state index in [1.807, 2.05) is 0 Å². The SMILES string of the molecule is O=C(O)c1cccc(NC(=O)c2ccc(Cl)cc2F)n1. The van der Waals surface area contributed by atoms with Crippen molar-refractivity contribution in [1.82, 2.24) is 4.98 Å². The van der Waals surface area contributed by atoms with E-state index in [1.165, 1.54) is 30.3 Å². The lowest BCUT2D eigenvalue weighted by atomic mass is 10.2. The molecule has 1 amide bonds. The predicted molar refractivity (Wildman–Crippen MR) is 70.6 cm³/mol. The molecular formula is C13H8ClFN2O3. The first-order valence-electron chi connectivity index (χ1n) is 5.44. The van der Waals surface area contributed by atoms with E-state index in [4.69, 9.17) is 16.7 Å². The molecule has 5 nitrogen and oxygen atoms in total. The van der Waals surface area contributed by atoms with Gasteiger partial charge < -0.3 is 10.4 Å². The lowest BCUT2D eigenvalue weighted by Crippen LogP contribution is -2.15. The third-order valence-electron chi connectivity index (χ3n) is 2.39. The van der Waals surface area contributed by atoms with Crippen molar-refractivity contribution in [3.8, 4) is 0 Å². The molecule has 0 saturated heterocycles. The van der Waals surface area contributed by atoms with Crippen LogP contribution in [0.4, 0.5) is 10.2 Å². The number of carboxylic acids is 1. The lowest BCUT2D eigenvalue weighted by molar-refractivity contribution is 0.0690. The van der Waals surface area contributed by atoms with Gasteiger partial charge in [0.2, 0.25) is 0 Å². The number of aromatic carboxylic acids is 1. The van der Waals surface area contributed by atoms with Gasteiger partial charge in [0.05, 0.1) is 5.56 Å². The summed E-state index contributed by atoms with van der Waals surface area (Å²) >= 11 is 5.59. The molecule has 0 fully saturated rings. The first-order chi connectivity index (χ1) is 9.47. The summed E-state index contributed by atoms with van der Waals surface area (Å²) in [6.45, 7) is 0. The quantitative estimate of drug-likeness (QED) is 0.912. The summed E-state index contributed by atoms with van der Waals surface area (Å²) in [5.41, 5.74) is -0.434. The number of hydrogen-bond donors (Lipinski definition) is 2. The first-order valence-corrected chi connectivity index (χ1v) is 5.82. The number of aromatic nitrogens is 1. The maximum atomic E-state index is 13.6. The van der Waals surface area contributed by atoms with Crippen molar-refractivity contribution in [3.05, 3.63) is 58.5 Å². The van der Waals surface area contributed by atoms with Crippen LogP contribution in [-0.4, -0.2) is 22.0 Å². The number of hydrogen-bond acceptors (Lipinski definition) is 3. The van der Waals surface area contributed by atoms with Crippen LogP contribution in [0.3, 0.4) is 0 Å². The van der Waals surface area contributed by atoms with Crippen molar-refractivity contribution < 1.29 is 19.1 Å². The number of halogens is 2. The molecule has 7 heteroatoms. The molecule has 1 heterocycles. The maximum Gasteiger partial charge on any atom is 0.354 e. The number of pyridine rings is 1. The molecule has 2 rings (SSSR count). The number of benzene rings is 1. The Morgan fingerprint density at radius 1 is 1.25 bits per heavy atom. The minimum atomic E-state index is -1.22. The van der Waals surface area contributed by atoms with Gasteiger partial charge in [-0.05, 0) is 30.3 Å². The fourth-order valence-electron chi connectivity index (χ4n) is 1.48. The van der Waals surface area contributed by atoms with Crippen molar-refractivity contribution in [3.63, 3.8) is 0 Å². The molecule has 1 aromatic carbocycles. The Labute approximate surface area is 118 Å². The highest BCUT2D eigenvalue weighted by Crippen LogP contribution is 2.16. The number of carbonyl (C=O) groups is 2. The highest BCUT2D eigenvalue weighted by atomic mass is 35.5. The zero-order valence-electron chi connectivity index (χ0n) is 9.93. The maximum absolute atomic E-state index is 13.6. The fourth-order valence-corrected chi connectivity index (χ4v) is 1.64. The van der Waals surface area contributed by atoms with Gasteiger partial charge >= 0.3 is 5.97 Å². The van der Waals surface area contributed by atoms with E-state index in [0.29, 0.717) is 0 Å². The van der Waals surface area contributed by atoms with Crippen molar-refractivity contribution in [2.45, 2.75) is 0 Å². The van der Waals surface area contributed by atoms with E-state index in [0.717, 1.165) is 6.07 Å². The van der Waals surface area contributed by atoms with Crippen LogP contribution in [0.1, 0.15) is 20.8 Å². The van der Waals surface area contributed by atoms with Gasteiger partial charge in [-0.25, -0.2) is 14.2 Å². The summed E-state index contributed by atoms with van der Waals surface area (Å²) in [7, 11) is 0. The van der Waals surface area contributed by atoms with Gasteiger partial charge in [0.25, 0.3) is 5.91 Å². The van der Waals surface area contributed by atoms with Gasteiger partial charge in [0.15, 0.2) is 5.69 Å². The topological polar surface area (TPSA) is 79.3 Å². The normalized spacial score (nSPS) is 10.1. The van der Waals surface area contributed by atoms with Crippen LogP contribution in [0, 0.1) is 5.82 Å². The van der Waals surface area contributed by atoms with E-state index in [-0.39, 0.29) is 22.1 Å². The second kappa shape index (κ2) is 5.66.